The number of hydrogen-bond donors (Lipinski definition) is 1. The Kier molecular flexibility index (Phi) is 10.3. The lowest BCUT2D eigenvalue weighted by Gasteiger charge is -2.15. The Balaban J connectivity index is 1.82. The average Bonchev–Trinajstić information content (AvgIpc) is 3.30. The third-order valence-electron chi connectivity index (χ3n) is 4.99. The third-order valence-corrected chi connectivity index (χ3v) is 7.63. The number of carbonyl (C=O) groups is 2. The van der Waals surface area contributed by atoms with Crippen molar-refractivity contribution in [1.29, 1.82) is 0 Å². The lowest BCUT2D eigenvalue weighted by Crippen LogP contribution is -2.22. The lowest BCUT2D eigenvalue weighted by atomic mass is 10.2. The zero-order valence-corrected chi connectivity index (χ0v) is 23.8. The number of hydrogen-bond acceptors (Lipinski definition) is 11. The summed E-state index contributed by atoms with van der Waals surface area (Å²) in [5.41, 5.74) is 0.651. The summed E-state index contributed by atoms with van der Waals surface area (Å²) >= 11 is 1.17. The summed E-state index contributed by atoms with van der Waals surface area (Å²) < 4.78 is 47.4. The maximum absolute atomic E-state index is 13.1. The number of carbonyl (C=O) groups excluding carboxylic acids is 2. The van der Waals surface area contributed by atoms with E-state index in [4.69, 9.17) is 18.9 Å². The highest BCUT2D eigenvalue weighted by atomic mass is 32.2. The van der Waals surface area contributed by atoms with E-state index in [0.29, 0.717) is 23.2 Å². The highest BCUT2D eigenvalue weighted by molar-refractivity contribution is 7.89. The van der Waals surface area contributed by atoms with Crippen molar-refractivity contribution in [1.82, 2.24) is 14.3 Å². The molecule has 0 aliphatic carbocycles. The summed E-state index contributed by atoms with van der Waals surface area (Å²) in [6, 6.07) is 8.67. The molecule has 1 N–H and O–H groups in total. The van der Waals surface area contributed by atoms with Gasteiger partial charge in [-0.1, -0.05) is 0 Å². The predicted octanol–water partition coefficient (Wildman–Crippen LogP) is 3.35. The summed E-state index contributed by atoms with van der Waals surface area (Å²) in [5, 5.41) is 4.66. The monoisotopic (exact) mass is 578 g/mol. The molecule has 12 nitrogen and oxygen atoms in total. The molecule has 0 aliphatic heterocycles. The van der Waals surface area contributed by atoms with Gasteiger partial charge < -0.3 is 18.9 Å². The molecule has 0 spiro atoms. The maximum atomic E-state index is 13.1. The predicted molar refractivity (Wildman–Crippen MR) is 144 cm³/mol. The van der Waals surface area contributed by atoms with Crippen molar-refractivity contribution in [3.05, 3.63) is 53.0 Å². The quantitative estimate of drug-likeness (QED) is 0.300. The number of nitrogens with zero attached hydrogens (tertiary/aromatic N) is 3. The Morgan fingerprint density at radius 1 is 1.10 bits per heavy atom. The van der Waals surface area contributed by atoms with Crippen molar-refractivity contribution in [3.8, 4) is 17.5 Å². The molecule has 0 bridgehead atoms. The Morgan fingerprint density at radius 3 is 2.44 bits per heavy atom. The van der Waals surface area contributed by atoms with Crippen LogP contribution in [0.5, 0.6) is 17.5 Å². The first-order chi connectivity index (χ1) is 18.5. The first-order valence-corrected chi connectivity index (χ1v) is 14.1. The van der Waals surface area contributed by atoms with Gasteiger partial charge in [-0.2, -0.15) is 4.98 Å². The Hall–Kier alpha value is -3.59. The zero-order chi connectivity index (χ0) is 28.6. The van der Waals surface area contributed by atoms with Gasteiger partial charge >= 0.3 is 5.97 Å². The van der Waals surface area contributed by atoms with Crippen molar-refractivity contribution in [2.75, 3.05) is 39.7 Å². The van der Waals surface area contributed by atoms with Crippen molar-refractivity contribution in [2.45, 2.75) is 31.3 Å². The fraction of sp³-hybridized carbons (Fsp3) is 0.360. The van der Waals surface area contributed by atoms with E-state index >= 15 is 0 Å². The van der Waals surface area contributed by atoms with Crippen LogP contribution < -0.4 is 14.8 Å². The second kappa shape index (κ2) is 13.5. The summed E-state index contributed by atoms with van der Waals surface area (Å²) in [5.74, 6) is -0.437. The van der Waals surface area contributed by atoms with Gasteiger partial charge in [-0.05, 0) is 38.1 Å². The highest BCUT2D eigenvalue weighted by Crippen LogP contribution is 2.27. The van der Waals surface area contributed by atoms with Crippen LogP contribution in [-0.4, -0.2) is 75.1 Å². The van der Waals surface area contributed by atoms with Gasteiger partial charge in [0.25, 0.3) is 5.91 Å². The van der Waals surface area contributed by atoms with E-state index in [1.807, 2.05) is 0 Å². The molecule has 14 heteroatoms. The van der Waals surface area contributed by atoms with Crippen molar-refractivity contribution in [3.63, 3.8) is 0 Å². The number of rotatable bonds is 13. The summed E-state index contributed by atoms with van der Waals surface area (Å²) in [6.07, 6.45) is -0.370. The van der Waals surface area contributed by atoms with Crippen LogP contribution in [0.15, 0.2) is 46.7 Å². The van der Waals surface area contributed by atoms with Crippen LogP contribution in [0.1, 0.15) is 29.9 Å². The number of thiazole rings is 1. The molecule has 2 aromatic heterocycles. The maximum Gasteiger partial charge on any atom is 0.311 e. The third kappa shape index (κ3) is 8.45. The molecule has 0 fully saturated rings. The van der Waals surface area contributed by atoms with Crippen LogP contribution in [-0.2, 0) is 30.7 Å². The van der Waals surface area contributed by atoms with Gasteiger partial charge in [0.1, 0.15) is 11.9 Å². The second-order valence-electron chi connectivity index (χ2n) is 8.36. The minimum atomic E-state index is -3.60. The number of pyridine rings is 1. The molecule has 3 rings (SSSR count). The van der Waals surface area contributed by atoms with Gasteiger partial charge in [-0.25, -0.2) is 17.7 Å². The molecule has 0 aliphatic rings. The van der Waals surface area contributed by atoms with E-state index < -0.39 is 21.9 Å². The summed E-state index contributed by atoms with van der Waals surface area (Å²) in [7, 11) is 0.824. The van der Waals surface area contributed by atoms with E-state index in [1.54, 1.807) is 19.2 Å². The second-order valence-corrected chi connectivity index (χ2v) is 11.4. The van der Waals surface area contributed by atoms with Crippen LogP contribution in [0, 0.1) is 0 Å². The molecule has 3 aromatic rings. The van der Waals surface area contributed by atoms with Gasteiger partial charge in [0.2, 0.25) is 21.8 Å². The summed E-state index contributed by atoms with van der Waals surface area (Å²) in [4.78, 5) is 33.5. The number of esters is 1. The first kappa shape index (κ1) is 30.0. The minimum Gasteiger partial charge on any atom is -0.472 e. The SMILES string of the molecule is CCOC(=O)Cc1csc(NC(=O)c2cc(Oc3ccc(S(=O)(=O)N(C)C)cc3)nc(O[C@H](C)COC)c2)n1. The Labute approximate surface area is 230 Å². The van der Waals surface area contributed by atoms with Gasteiger partial charge in [-0.15, -0.1) is 11.3 Å². The highest BCUT2D eigenvalue weighted by Gasteiger charge is 2.19. The number of aromatic nitrogens is 2. The van der Waals surface area contributed by atoms with E-state index in [0.717, 1.165) is 4.31 Å². The van der Waals surface area contributed by atoms with E-state index in [-0.39, 0.29) is 41.4 Å². The summed E-state index contributed by atoms with van der Waals surface area (Å²) in [6.45, 7) is 4.06. The average molecular weight is 579 g/mol. The van der Waals surface area contributed by atoms with Crippen LogP contribution >= 0.6 is 11.3 Å². The largest absolute Gasteiger partial charge is 0.472 e. The van der Waals surface area contributed by atoms with E-state index in [2.05, 4.69) is 15.3 Å². The Morgan fingerprint density at radius 2 is 1.79 bits per heavy atom. The molecule has 0 radical (unpaired) electrons. The molecule has 1 atom stereocenters. The van der Waals surface area contributed by atoms with Crippen LogP contribution in [0.3, 0.4) is 0 Å². The normalized spacial score (nSPS) is 12.2. The Bertz CT molecular complexity index is 1390. The van der Waals surface area contributed by atoms with Crippen LogP contribution in [0.25, 0.3) is 0 Å². The molecule has 1 amide bonds. The first-order valence-electron chi connectivity index (χ1n) is 11.8. The molecule has 0 unspecified atom stereocenters. The number of benzene rings is 1. The standard InChI is InChI=1S/C25H30N4O8S2/c1-6-35-23(30)13-18-15-38-25(26-18)28-24(31)17-11-21(36-16(2)14-34-5)27-22(12-17)37-19-7-9-20(10-8-19)39(32,33)29(3)4/h7-12,15-16H,6,13-14H2,1-5H3,(H,26,28,31)/t16-/m1/s1. The number of ether oxygens (including phenoxy) is 4. The molecule has 1 aromatic carbocycles. The molecule has 0 saturated heterocycles. The lowest BCUT2D eigenvalue weighted by molar-refractivity contribution is -0.142. The van der Waals surface area contributed by atoms with Crippen molar-refractivity contribution in [2.24, 2.45) is 0 Å². The van der Waals surface area contributed by atoms with Crippen molar-refractivity contribution < 1.29 is 37.0 Å². The van der Waals surface area contributed by atoms with Crippen molar-refractivity contribution >= 4 is 38.4 Å². The molecular weight excluding hydrogens is 548 g/mol. The van der Waals surface area contributed by atoms with E-state index in [9.17, 15) is 18.0 Å². The van der Waals surface area contributed by atoms with Crippen LogP contribution in [0.4, 0.5) is 5.13 Å². The molecule has 0 saturated carbocycles. The fourth-order valence-corrected chi connectivity index (χ4v) is 4.79. The minimum absolute atomic E-state index is 0.00251. The smallest absolute Gasteiger partial charge is 0.311 e. The number of methoxy groups -OCH3 is 1. The van der Waals surface area contributed by atoms with Gasteiger partial charge in [-0.3, -0.25) is 14.9 Å². The molecular formula is C25H30N4O8S2. The molecule has 2 heterocycles. The number of nitrogens with one attached hydrogen (secondary N) is 1. The van der Waals surface area contributed by atoms with Gasteiger partial charge in [0, 0.05) is 38.7 Å². The molecule has 39 heavy (non-hydrogen) atoms. The van der Waals surface area contributed by atoms with Gasteiger partial charge in [0.15, 0.2) is 5.13 Å². The fourth-order valence-electron chi connectivity index (χ4n) is 3.19. The number of sulfonamides is 1. The number of anilines is 1. The van der Waals surface area contributed by atoms with Crippen LogP contribution in [0.2, 0.25) is 0 Å². The van der Waals surface area contributed by atoms with E-state index in [1.165, 1.54) is 68.9 Å². The van der Waals surface area contributed by atoms with Gasteiger partial charge in [0.05, 0.1) is 35.8 Å². The number of amides is 1. The zero-order valence-electron chi connectivity index (χ0n) is 22.2. The molecule has 210 valence electrons. The topological polar surface area (TPSA) is 146 Å².